The molecule has 1 atom stereocenters. The van der Waals surface area contributed by atoms with Crippen LogP contribution in [0.15, 0.2) is 24.3 Å². The summed E-state index contributed by atoms with van der Waals surface area (Å²) < 4.78 is 0. The minimum absolute atomic E-state index is 0.222. The molecule has 0 spiro atoms. The molecule has 1 rings (SSSR count). The lowest BCUT2D eigenvalue weighted by molar-refractivity contribution is -0.119. The zero-order valence-corrected chi connectivity index (χ0v) is 19.5. The fraction of sp³-hybridized carbons (Fsp3) is 0.741. The number of benzene rings is 1. The van der Waals surface area contributed by atoms with Gasteiger partial charge in [0.05, 0.1) is 5.92 Å². The molecular formula is C27H47NO2. The molecule has 1 unspecified atom stereocenters. The Labute approximate surface area is 185 Å². The van der Waals surface area contributed by atoms with Gasteiger partial charge in [0.1, 0.15) is 5.75 Å². The normalized spacial score (nSPS) is 12.2. The van der Waals surface area contributed by atoms with Gasteiger partial charge in [0.25, 0.3) is 0 Å². The van der Waals surface area contributed by atoms with Gasteiger partial charge >= 0.3 is 0 Å². The second-order valence-corrected chi connectivity index (χ2v) is 8.99. The van der Waals surface area contributed by atoms with Crippen LogP contribution in [0.2, 0.25) is 0 Å². The summed E-state index contributed by atoms with van der Waals surface area (Å²) in [4.78, 5) is 11.7. The molecule has 0 aliphatic carbocycles. The minimum atomic E-state index is -0.266. The second-order valence-electron chi connectivity index (χ2n) is 8.99. The van der Waals surface area contributed by atoms with Crippen LogP contribution >= 0.6 is 0 Å². The molecule has 1 amide bonds. The van der Waals surface area contributed by atoms with Crippen LogP contribution in [0.3, 0.4) is 0 Å². The Morgan fingerprint density at radius 3 is 1.43 bits per heavy atom. The minimum Gasteiger partial charge on any atom is -0.508 e. The first-order valence-corrected chi connectivity index (χ1v) is 12.7. The summed E-state index contributed by atoms with van der Waals surface area (Å²) in [5.74, 6) is -0.279. The summed E-state index contributed by atoms with van der Waals surface area (Å²) in [6, 6.07) is 6.86. The molecule has 172 valence electrons. The van der Waals surface area contributed by atoms with Crippen LogP contribution in [0.1, 0.15) is 134 Å². The van der Waals surface area contributed by atoms with Crippen LogP contribution in [0.25, 0.3) is 0 Å². The van der Waals surface area contributed by atoms with Crippen molar-refractivity contribution in [3.8, 4) is 5.75 Å². The number of carbonyl (C=O) groups excluding carboxylic acids is 1. The van der Waals surface area contributed by atoms with Crippen LogP contribution < -0.4 is 5.73 Å². The standard InChI is InChI=1S/C27H47NO2/c1-2-3-4-5-6-7-8-9-10-11-12-13-14-15-16-17-18-19-26(27(28)30)24-20-22-25(29)23-21-24/h20-23,26,29H,2-19H2,1H3,(H2,28,30). The fourth-order valence-corrected chi connectivity index (χ4v) is 4.25. The number of amides is 1. The van der Waals surface area contributed by atoms with Crippen molar-refractivity contribution in [2.75, 3.05) is 0 Å². The lowest BCUT2D eigenvalue weighted by atomic mass is 9.92. The molecule has 0 fully saturated rings. The maximum absolute atomic E-state index is 11.7. The van der Waals surface area contributed by atoms with Gasteiger partial charge in [0, 0.05) is 0 Å². The van der Waals surface area contributed by atoms with E-state index >= 15 is 0 Å². The van der Waals surface area contributed by atoms with Crippen molar-refractivity contribution in [2.45, 2.75) is 128 Å². The number of hydrogen-bond acceptors (Lipinski definition) is 2. The van der Waals surface area contributed by atoms with Crippen molar-refractivity contribution < 1.29 is 9.90 Å². The number of primary amides is 1. The molecule has 1 aromatic carbocycles. The summed E-state index contributed by atoms with van der Waals surface area (Å²) in [7, 11) is 0. The van der Waals surface area contributed by atoms with E-state index in [1.807, 2.05) is 0 Å². The van der Waals surface area contributed by atoms with Gasteiger partial charge in [-0.15, -0.1) is 0 Å². The smallest absolute Gasteiger partial charge is 0.224 e. The average molecular weight is 418 g/mol. The number of unbranched alkanes of at least 4 members (excludes halogenated alkanes) is 16. The first kappa shape index (κ1) is 26.5. The quantitative estimate of drug-likeness (QED) is 0.211. The molecule has 3 nitrogen and oxygen atoms in total. The fourth-order valence-electron chi connectivity index (χ4n) is 4.25. The van der Waals surface area contributed by atoms with Crippen molar-refractivity contribution in [1.29, 1.82) is 0 Å². The SMILES string of the molecule is CCCCCCCCCCCCCCCCCCCC(C(N)=O)c1ccc(O)cc1. The van der Waals surface area contributed by atoms with E-state index in [9.17, 15) is 9.90 Å². The van der Waals surface area contributed by atoms with Crippen LogP contribution in [-0.4, -0.2) is 11.0 Å². The Balaban J connectivity index is 1.90. The van der Waals surface area contributed by atoms with Crippen molar-refractivity contribution >= 4 is 5.91 Å². The first-order valence-electron chi connectivity index (χ1n) is 12.7. The van der Waals surface area contributed by atoms with Gasteiger partial charge in [-0.3, -0.25) is 4.79 Å². The number of phenolic OH excluding ortho intramolecular Hbond substituents is 1. The first-order chi connectivity index (χ1) is 14.6. The summed E-state index contributed by atoms with van der Waals surface area (Å²) in [5.41, 5.74) is 6.49. The molecule has 0 saturated carbocycles. The van der Waals surface area contributed by atoms with E-state index in [-0.39, 0.29) is 17.6 Å². The van der Waals surface area contributed by atoms with Crippen molar-refractivity contribution in [2.24, 2.45) is 5.73 Å². The molecule has 1 aromatic rings. The van der Waals surface area contributed by atoms with Gasteiger partial charge in [0.2, 0.25) is 5.91 Å². The van der Waals surface area contributed by atoms with E-state index in [1.165, 1.54) is 103 Å². The maximum Gasteiger partial charge on any atom is 0.224 e. The van der Waals surface area contributed by atoms with Gasteiger partial charge in [-0.2, -0.15) is 0 Å². The highest BCUT2D eigenvalue weighted by atomic mass is 16.3. The molecule has 0 aromatic heterocycles. The Bertz CT molecular complexity index is 526. The third-order valence-electron chi connectivity index (χ3n) is 6.24. The highest BCUT2D eigenvalue weighted by Crippen LogP contribution is 2.24. The van der Waals surface area contributed by atoms with Gasteiger partial charge in [0.15, 0.2) is 0 Å². The van der Waals surface area contributed by atoms with Crippen LogP contribution in [0.5, 0.6) is 5.75 Å². The number of rotatable bonds is 20. The molecule has 30 heavy (non-hydrogen) atoms. The van der Waals surface area contributed by atoms with Crippen molar-refractivity contribution in [3.63, 3.8) is 0 Å². The summed E-state index contributed by atoms with van der Waals surface area (Å²) in [6.07, 6.45) is 23.8. The maximum atomic E-state index is 11.7. The molecule has 0 bridgehead atoms. The van der Waals surface area contributed by atoms with E-state index in [1.54, 1.807) is 24.3 Å². The monoisotopic (exact) mass is 417 g/mol. The highest BCUT2D eigenvalue weighted by molar-refractivity contribution is 5.81. The number of phenols is 1. The Morgan fingerprint density at radius 1 is 0.700 bits per heavy atom. The topological polar surface area (TPSA) is 63.3 Å². The summed E-state index contributed by atoms with van der Waals surface area (Å²) >= 11 is 0. The Hall–Kier alpha value is -1.51. The predicted octanol–water partition coefficient (Wildman–Crippen LogP) is 8.00. The van der Waals surface area contributed by atoms with E-state index in [4.69, 9.17) is 5.73 Å². The second kappa shape index (κ2) is 18.3. The Morgan fingerprint density at radius 2 is 1.07 bits per heavy atom. The summed E-state index contributed by atoms with van der Waals surface area (Å²) in [5, 5.41) is 9.39. The number of carbonyl (C=O) groups is 1. The Kier molecular flexibility index (Phi) is 16.2. The third-order valence-corrected chi connectivity index (χ3v) is 6.24. The molecule has 0 aliphatic heterocycles. The molecule has 0 saturated heterocycles. The molecule has 0 heterocycles. The van der Waals surface area contributed by atoms with Gasteiger partial charge in [-0.05, 0) is 24.1 Å². The number of aromatic hydroxyl groups is 1. The highest BCUT2D eigenvalue weighted by Gasteiger charge is 2.17. The molecule has 0 aliphatic rings. The van der Waals surface area contributed by atoms with E-state index in [0.717, 1.165) is 18.4 Å². The van der Waals surface area contributed by atoms with Crippen molar-refractivity contribution in [3.05, 3.63) is 29.8 Å². The van der Waals surface area contributed by atoms with E-state index in [2.05, 4.69) is 6.92 Å². The predicted molar refractivity (Wildman–Crippen MR) is 129 cm³/mol. The van der Waals surface area contributed by atoms with E-state index in [0.29, 0.717) is 0 Å². The molecule has 3 N–H and O–H groups in total. The lowest BCUT2D eigenvalue weighted by Crippen LogP contribution is -2.21. The summed E-state index contributed by atoms with van der Waals surface area (Å²) in [6.45, 7) is 2.28. The zero-order valence-electron chi connectivity index (χ0n) is 19.5. The lowest BCUT2D eigenvalue weighted by Gasteiger charge is -2.13. The van der Waals surface area contributed by atoms with E-state index < -0.39 is 0 Å². The van der Waals surface area contributed by atoms with Crippen LogP contribution in [0, 0.1) is 0 Å². The van der Waals surface area contributed by atoms with Gasteiger partial charge in [-0.1, -0.05) is 128 Å². The van der Waals surface area contributed by atoms with Gasteiger partial charge < -0.3 is 10.8 Å². The third kappa shape index (κ3) is 13.7. The van der Waals surface area contributed by atoms with Crippen molar-refractivity contribution in [1.82, 2.24) is 0 Å². The van der Waals surface area contributed by atoms with Gasteiger partial charge in [-0.25, -0.2) is 0 Å². The molecule has 0 radical (unpaired) electrons. The molecule has 3 heteroatoms. The molecular weight excluding hydrogens is 370 g/mol. The largest absolute Gasteiger partial charge is 0.508 e. The van der Waals surface area contributed by atoms with Crippen LogP contribution in [-0.2, 0) is 4.79 Å². The van der Waals surface area contributed by atoms with Crippen LogP contribution in [0.4, 0.5) is 0 Å². The average Bonchev–Trinajstić information content (AvgIpc) is 2.73. The number of hydrogen-bond donors (Lipinski definition) is 2. The zero-order chi connectivity index (χ0) is 21.9. The number of nitrogens with two attached hydrogens (primary N) is 1.